The van der Waals surface area contributed by atoms with E-state index in [4.69, 9.17) is 14.2 Å². The Morgan fingerprint density at radius 2 is 1.70 bits per heavy atom. The number of rotatable bonds is 10. The third-order valence-electron chi connectivity index (χ3n) is 5.70. The molecule has 4 rings (SSSR count). The van der Waals surface area contributed by atoms with Crippen molar-refractivity contribution in [2.75, 3.05) is 32.3 Å². The number of nitrogens with zero attached hydrogens (tertiary/aromatic N) is 6. The van der Waals surface area contributed by atoms with Gasteiger partial charge in [-0.15, -0.1) is 0 Å². The highest BCUT2D eigenvalue weighted by atomic mass is 19.1. The Morgan fingerprint density at radius 3 is 2.30 bits per heavy atom. The fraction of sp³-hybridized carbons (Fsp3) is 0.385. The number of ether oxygens (including phenoxy) is 3. The molecule has 9 nitrogen and oxygen atoms in total. The summed E-state index contributed by atoms with van der Waals surface area (Å²) in [6.07, 6.45) is 5.14. The lowest BCUT2D eigenvalue weighted by Gasteiger charge is -2.29. The molecular weight excluding hydrogens is 482 g/mol. The molecule has 0 fully saturated rings. The average molecular weight is 513 g/mol. The van der Waals surface area contributed by atoms with Gasteiger partial charge in [-0.2, -0.15) is 5.10 Å². The van der Waals surface area contributed by atoms with Gasteiger partial charge in [0, 0.05) is 31.4 Å². The molecule has 0 N–H and O–H groups in total. The van der Waals surface area contributed by atoms with Gasteiger partial charge in [0.1, 0.15) is 17.0 Å². The number of hydrogen-bond acceptors (Lipinski definition) is 8. The third-order valence-corrected chi connectivity index (χ3v) is 5.70. The molecule has 1 aromatic carbocycles. The van der Waals surface area contributed by atoms with Crippen molar-refractivity contribution in [2.45, 2.75) is 26.9 Å². The lowest BCUT2D eigenvalue weighted by atomic mass is 10.1. The Kier molecular flexibility index (Phi) is 7.82. The lowest BCUT2D eigenvalue weighted by Crippen LogP contribution is -2.29. The van der Waals surface area contributed by atoms with E-state index < -0.39 is 11.6 Å². The van der Waals surface area contributed by atoms with Crippen LogP contribution in [-0.2, 0) is 11.8 Å². The summed E-state index contributed by atoms with van der Waals surface area (Å²) in [4.78, 5) is 15.2. The molecule has 0 aliphatic rings. The van der Waals surface area contributed by atoms with Gasteiger partial charge < -0.3 is 19.1 Å². The summed E-state index contributed by atoms with van der Waals surface area (Å²) in [6.45, 7) is 6.38. The fourth-order valence-electron chi connectivity index (χ4n) is 3.86. The molecule has 37 heavy (non-hydrogen) atoms. The highest BCUT2D eigenvalue weighted by Gasteiger charge is 2.28. The van der Waals surface area contributed by atoms with E-state index in [0.29, 0.717) is 23.5 Å². The number of fused-ring (bicyclic) bond motifs is 1. The predicted molar refractivity (Wildman–Crippen MR) is 136 cm³/mol. The minimum absolute atomic E-state index is 0.0150. The molecule has 3 aromatic heterocycles. The molecule has 0 saturated heterocycles. The zero-order chi connectivity index (χ0) is 26.7. The van der Waals surface area contributed by atoms with Crippen LogP contribution in [-0.4, -0.2) is 58.2 Å². The van der Waals surface area contributed by atoms with Crippen LogP contribution in [0.1, 0.15) is 20.8 Å². The summed E-state index contributed by atoms with van der Waals surface area (Å²) in [5.41, 5.74) is 1.88. The largest absolute Gasteiger partial charge is 0.493 e. The molecule has 11 heteroatoms. The summed E-state index contributed by atoms with van der Waals surface area (Å²) < 4.78 is 48.9. The van der Waals surface area contributed by atoms with Gasteiger partial charge in [-0.3, -0.25) is 9.67 Å². The lowest BCUT2D eigenvalue weighted by molar-refractivity contribution is 0.0571. The van der Waals surface area contributed by atoms with Crippen LogP contribution in [0, 0.1) is 17.6 Å². The van der Waals surface area contributed by atoms with Gasteiger partial charge in [-0.25, -0.2) is 18.7 Å². The normalized spacial score (nSPS) is 12.2. The van der Waals surface area contributed by atoms with Crippen molar-refractivity contribution in [3.63, 3.8) is 0 Å². The Morgan fingerprint density at radius 1 is 1.00 bits per heavy atom. The molecule has 0 aliphatic heterocycles. The third kappa shape index (κ3) is 5.61. The molecule has 3 heterocycles. The number of anilines is 2. The maximum Gasteiger partial charge on any atom is 0.191 e. The van der Waals surface area contributed by atoms with Crippen LogP contribution >= 0.6 is 0 Å². The number of aryl methyl sites for hydroxylation is 1. The number of benzene rings is 1. The molecule has 1 unspecified atom stereocenters. The number of halogens is 2. The molecule has 196 valence electrons. The average Bonchev–Trinajstić information content (AvgIpc) is 3.32. The second-order valence-corrected chi connectivity index (χ2v) is 9.03. The van der Waals surface area contributed by atoms with Crippen LogP contribution in [0.3, 0.4) is 0 Å². The monoisotopic (exact) mass is 512 g/mol. The topological polar surface area (TPSA) is 87.4 Å². The van der Waals surface area contributed by atoms with Gasteiger partial charge in [0.25, 0.3) is 0 Å². The van der Waals surface area contributed by atoms with E-state index in [1.54, 1.807) is 29.2 Å². The molecule has 0 bridgehead atoms. The smallest absolute Gasteiger partial charge is 0.191 e. The Hall–Kier alpha value is -3.86. The van der Waals surface area contributed by atoms with E-state index in [2.05, 4.69) is 20.1 Å². The maximum atomic E-state index is 15.6. The van der Waals surface area contributed by atoms with Crippen LogP contribution in [0.25, 0.3) is 22.4 Å². The maximum absolute atomic E-state index is 15.6. The van der Waals surface area contributed by atoms with E-state index >= 15 is 8.78 Å². The van der Waals surface area contributed by atoms with E-state index in [0.717, 1.165) is 5.56 Å². The molecule has 0 saturated carbocycles. The van der Waals surface area contributed by atoms with Crippen LogP contribution in [0.15, 0.2) is 36.8 Å². The summed E-state index contributed by atoms with van der Waals surface area (Å²) >= 11 is 0. The van der Waals surface area contributed by atoms with Crippen molar-refractivity contribution >= 4 is 22.7 Å². The van der Waals surface area contributed by atoms with E-state index in [1.165, 1.54) is 25.2 Å². The summed E-state index contributed by atoms with van der Waals surface area (Å²) in [5, 5.41) is 4.17. The van der Waals surface area contributed by atoms with Crippen molar-refractivity contribution in [3.05, 3.63) is 48.4 Å². The van der Waals surface area contributed by atoms with Crippen LogP contribution in [0.2, 0.25) is 0 Å². The standard InChI is InChI=1S/C26H30F2N6O3/c1-15(2)37-14-16(3)12-34(25-23(27)20(35-5)9-21(36-6)24(25)28)22-8-7-18-26(32-22)31-19(11-29-18)17-10-30-33(4)13-17/h7-11,13,15-16H,12,14H2,1-6H3. The van der Waals surface area contributed by atoms with Crippen LogP contribution in [0.4, 0.5) is 20.3 Å². The van der Waals surface area contributed by atoms with Gasteiger partial charge in [-0.05, 0) is 31.9 Å². The molecule has 0 radical (unpaired) electrons. The summed E-state index contributed by atoms with van der Waals surface area (Å²) in [7, 11) is 4.43. The molecule has 0 spiro atoms. The molecule has 1 atom stereocenters. The molecule has 0 amide bonds. The van der Waals surface area contributed by atoms with E-state index in [9.17, 15) is 0 Å². The first-order valence-corrected chi connectivity index (χ1v) is 11.8. The Labute approximate surface area is 214 Å². The van der Waals surface area contributed by atoms with Crippen LogP contribution in [0.5, 0.6) is 11.5 Å². The first-order valence-electron chi connectivity index (χ1n) is 11.8. The van der Waals surface area contributed by atoms with Gasteiger partial charge in [0.2, 0.25) is 0 Å². The Balaban J connectivity index is 1.84. The second-order valence-electron chi connectivity index (χ2n) is 9.03. The fourth-order valence-corrected chi connectivity index (χ4v) is 3.86. The van der Waals surface area contributed by atoms with Crippen molar-refractivity contribution < 1.29 is 23.0 Å². The van der Waals surface area contributed by atoms with E-state index in [1.807, 2.05) is 34.0 Å². The highest BCUT2D eigenvalue weighted by Crippen LogP contribution is 2.40. The zero-order valence-electron chi connectivity index (χ0n) is 21.7. The molecule has 4 aromatic rings. The number of methoxy groups -OCH3 is 2. The van der Waals surface area contributed by atoms with Crippen molar-refractivity contribution in [1.82, 2.24) is 24.7 Å². The SMILES string of the molecule is COc1cc(OC)c(F)c(N(CC(C)COC(C)C)c2ccc3ncc(-c4cnn(C)c4)nc3n2)c1F. The van der Waals surface area contributed by atoms with Crippen molar-refractivity contribution in [1.29, 1.82) is 0 Å². The van der Waals surface area contributed by atoms with E-state index in [-0.39, 0.29) is 41.6 Å². The van der Waals surface area contributed by atoms with Gasteiger partial charge >= 0.3 is 0 Å². The second kappa shape index (κ2) is 11.0. The van der Waals surface area contributed by atoms with Crippen molar-refractivity contribution in [3.8, 4) is 22.8 Å². The molecule has 0 aliphatic carbocycles. The minimum atomic E-state index is -0.866. The van der Waals surface area contributed by atoms with Crippen LogP contribution < -0.4 is 14.4 Å². The van der Waals surface area contributed by atoms with Gasteiger partial charge in [0.15, 0.2) is 28.8 Å². The number of pyridine rings is 1. The predicted octanol–water partition coefficient (Wildman–Crippen LogP) is 4.92. The highest BCUT2D eigenvalue weighted by molar-refractivity contribution is 5.77. The van der Waals surface area contributed by atoms with Gasteiger partial charge in [-0.1, -0.05) is 6.92 Å². The zero-order valence-corrected chi connectivity index (χ0v) is 21.7. The Bertz CT molecular complexity index is 1370. The summed E-state index contributed by atoms with van der Waals surface area (Å²) in [5.74, 6) is -1.85. The first kappa shape index (κ1) is 26.2. The first-order chi connectivity index (χ1) is 17.7. The number of hydrogen-bond donors (Lipinski definition) is 0. The number of aromatic nitrogens is 5. The van der Waals surface area contributed by atoms with Gasteiger partial charge in [0.05, 0.1) is 45.0 Å². The minimum Gasteiger partial charge on any atom is -0.493 e. The van der Waals surface area contributed by atoms with Crippen molar-refractivity contribution in [2.24, 2.45) is 13.0 Å². The quantitative estimate of drug-likeness (QED) is 0.296. The summed E-state index contributed by atoms with van der Waals surface area (Å²) in [6, 6.07) is 4.55. The molecular formula is C26H30F2N6O3.